The number of anilines is 1. The zero-order valence-electron chi connectivity index (χ0n) is 16.3. The topological polar surface area (TPSA) is 68.3 Å². The number of hydrogen-bond acceptors (Lipinski definition) is 5. The van der Waals surface area contributed by atoms with Crippen molar-refractivity contribution in [3.05, 3.63) is 64.7 Å². The number of pyridine rings is 1. The van der Waals surface area contributed by atoms with Crippen LogP contribution in [-0.4, -0.2) is 29.7 Å². The number of benzene rings is 2. The number of aromatic nitrogens is 1. The molecule has 6 heteroatoms. The molecule has 1 heterocycles. The zero-order chi connectivity index (χ0) is 20.3. The number of thioether (sulfide) groups is 1. The Morgan fingerprint density at radius 2 is 1.75 bits per heavy atom. The fraction of sp³-hybridized carbons (Fsp3) is 0.227. The molecule has 0 radical (unpaired) electrons. The first-order valence-electron chi connectivity index (χ1n) is 8.87. The number of nitrogens with one attached hydrogen (secondary N) is 1. The molecule has 1 amide bonds. The SMILES string of the molecule is COC(=O)c1ccc(NC(=O)CSc2cc(C)c3cc(C)cc(C)c3n2)cc1. The van der Waals surface area contributed by atoms with E-state index in [-0.39, 0.29) is 11.7 Å². The van der Waals surface area contributed by atoms with Gasteiger partial charge in [0.2, 0.25) is 5.91 Å². The Balaban J connectivity index is 1.67. The van der Waals surface area contributed by atoms with Crippen molar-refractivity contribution >= 4 is 40.2 Å². The molecule has 0 saturated carbocycles. The van der Waals surface area contributed by atoms with Crippen LogP contribution < -0.4 is 5.32 Å². The van der Waals surface area contributed by atoms with Crippen molar-refractivity contribution in [3.8, 4) is 0 Å². The smallest absolute Gasteiger partial charge is 0.337 e. The normalized spacial score (nSPS) is 10.7. The van der Waals surface area contributed by atoms with E-state index in [0.717, 1.165) is 27.1 Å². The lowest BCUT2D eigenvalue weighted by molar-refractivity contribution is -0.113. The molecule has 0 saturated heterocycles. The molecule has 28 heavy (non-hydrogen) atoms. The summed E-state index contributed by atoms with van der Waals surface area (Å²) < 4.78 is 4.66. The molecule has 0 aliphatic heterocycles. The van der Waals surface area contributed by atoms with Gasteiger partial charge in [0.15, 0.2) is 0 Å². The third kappa shape index (κ3) is 4.51. The molecule has 1 aromatic heterocycles. The number of amides is 1. The first kappa shape index (κ1) is 19.9. The van der Waals surface area contributed by atoms with Gasteiger partial charge in [-0.2, -0.15) is 0 Å². The van der Waals surface area contributed by atoms with E-state index in [9.17, 15) is 9.59 Å². The van der Waals surface area contributed by atoms with Gasteiger partial charge in [-0.1, -0.05) is 23.4 Å². The summed E-state index contributed by atoms with van der Waals surface area (Å²) in [5, 5.41) is 4.80. The molecule has 144 valence electrons. The highest BCUT2D eigenvalue weighted by atomic mass is 32.2. The van der Waals surface area contributed by atoms with E-state index in [1.807, 2.05) is 6.07 Å². The maximum Gasteiger partial charge on any atom is 0.337 e. The van der Waals surface area contributed by atoms with Gasteiger partial charge in [-0.25, -0.2) is 9.78 Å². The van der Waals surface area contributed by atoms with Crippen molar-refractivity contribution < 1.29 is 14.3 Å². The average Bonchev–Trinajstić information content (AvgIpc) is 2.67. The van der Waals surface area contributed by atoms with Gasteiger partial charge in [0.1, 0.15) is 0 Å². The van der Waals surface area contributed by atoms with Crippen molar-refractivity contribution in [2.45, 2.75) is 25.8 Å². The van der Waals surface area contributed by atoms with E-state index in [1.54, 1.807) is 24.3 Å². The van der Waals surface area contributed by atoms with Gasteiger partial charge in [-0.15, -0.1) is 0 Å². The number of nitrogens with zero attached hydrogens (tertiary/aromatic N) is 1. The fourth-order valence-corrected chi connectivity index (χ4v) is 3.80. The van der Waals surface area contributed by atoms with E-state index in [4.69, 9.17) is 4.98 Å². The van der Waals surface area contributed by atoms with Crippen LogP contribution in [-0.2, 0) is 9.53 Å². The summed E-state index contributed by atoms with van der Waals surface area (Å²) in [5.41, 5.74) is 5.55. The number of hydrogen-bond donors (Lipinski definition) is 1. The minimum atomic E-state index is -0.406. The molecule has 2 aromatic carbocycles. The number of rotatable bonds is 5. The van der Waals surface area contributed by atoms with Crippen LogP contribution in [0.5, 0.6) is 0 Å². The molecule has 5 nitrogen and oxygen atoms in total. The van der Waals surface area contributed by atoms with Crippen molar-refractivity contribution in [2.75, 3.05) is 18.2 Å². The van der Waals surface area contributed by atoms with Gasteiger partial charge in [0.05, 0.1) is 29.0 Å². The summed E-state index contributed by atoms with van der Waals surface area (Å²) in [6.07, 6.45) is 0. The molecule has 0 unspecified atom stereocenters. The fourth-order valence-electron chi connectivity index (χ4n) is 3.03. The number of esters is 1. The highest BCUT2D eigenvalue weighted by molar-refractivity contribution is 7.99. The summed E-state index contributed by atoms with van der Waals surface area (Å²) in [7, 11) is 1.33. The second kappa shape index (κ2) is 8.44. The Bertz CT molecular complexity index is 1050. The van der Waals surface area contributed by atoms with Crippen LogP contribution in [0.25, 0.3) is 10.9 Å². The standard InChI is InChI=1S/C22H22N2O3S/c1-13-9-15(3)21-18(10-13)14(2)11-20(24-21)28-12-19(25)23-17-7-5-16(6-8-17)22(26)27-4/h5-11H,12H2,1-4H3,(H,23,25). The minimum absolute atomic E-state index is 0.129. The number of ether oxygens (including phenoxy) is 1. The van der Waals surface area contributed by atoms with Crippen LogP contribution in [0.1, 0.15) is 27.0 Å². The second-order valence-corrected chi connectivity index (χ2v) is 7.66. The molecule has 3 rings (SSSR count). The van der Waals surface area contributed by atoms with E-state index < -0.39 is 5.97 Å². The number of methoxy groups -OCH3 is 1. The summed E-state index contributed by atoms with van der Waals surface area (Å²) >= 11 is 1.40. The largest absolute Gasteiger partial charge is 0.465 e. The molecular weight excluding hydrogens is 372 g/mol. The summed E-state index contributed by atoms with van der Waals surface area (Å²) in [6.45, 7) is 6.20. The summed E-state index contributed by atoms with van der Waals surface area (Å²) in [6, 6.07) is 12.9. The predicted octanol–water partition coefficient (Wildman–Crippen LogP) is 4.68. The van der Waals surface area contributed by atoms with E-state index in [1.165, 1.54) is 24.4 Å². The first-order chi connectivity index (χ1) is 13.4. The monoisotopic (exact) mass is 394 g/mol. The average molecular weight is 394 g/mol. The van der Waals surface area contributed by atoms with Gasteiger partial charge < -0.3 is 10.1 Å². The Hall–Kier alpha value is -2.86. The predicted molar refractivity (Wildman–Crippen MR) is 113 cm³/mol. The lowest BCUT2D eigenvalue weighted by Crippen LogP contribution is -2.14. The molecule has 0 aliphatic carbocycles. The highest BCUT2D eigenvalue weighted by Gasteiger charge is 2.10. The van der Waals surface area contributed by atoms with E-state index in [2.05, 4.69) is 43.0 Å². The Morgan fingerprint density at radius 3 is 2.43 bits per heavy atom. The number of aryl methyl sites for hydroxylation is 3. The van der Waals surface area contributed by atoms with Gasteiger partial charge in [-0.05, 0) is 68.3 Å². The lowest BCUT2D eigenvalue weighted by Gasteiger charge is -2.10. The molecule has 0 atom stereocenters. The van der Waals surface area contributed by atoms with Crippen molar-refractivity contribution in [3.63, 3.8) is 0 Å². The van der Waals surface area contributed by atoms with Crippen LogP contribution in [0.4, 0.5) is 5.69 Å². The number of fused-ring (bicyclic) bond motifs is 1. The molecule has 0 aliphatic rings. The first-order valence-corrected chi connectivity index (χ1v) is 9.85. The van der Waals surface area contributed by atoms with Crippen LogP contribution in [0.15, 0.2) is 47.5 Å². The Kier molecular flexibility index (Phi) is 5.99. The summed E-state index contributed by atoms with van der Waals surface area (Å²) in [5.74, 6) is -0.283. The minimum Gasteiger partial charge on any atom is -0.465 e. The Morgan fingerprint density at radius 1 is 1.04 bits per heavy atom. The Labute approximate surface area is 168 Å². The molecule has 3 aromatic rings. The van der Waals surface area contributed by atoms with Crippen molar-refractivity contribution in [1.29, 1.82) is 0 Å². The second-order valence-electron chi connectivity index (χ2n) is 6.66. The molecule has 0 spiro atoms. The van der Waals surface area contributed by atoms with Gasteiger partial charge in [0, 0.05) is 11.1 Å². The van der Waals surface area contributed by atoms with Gasteiger partial charge in [-0.3, -0.25) is 4.79 Å². The van der Waals surface area contributed by atoms with Crippen LogP contribution >= 0.6 is 11.8 Å². The maximum absolute atomic E-state index is 12.3. The zero-order valence-corrected chi connectivity index (χ0v) is 17.1. The summed E-state index contributed by atoms with van der Waals surface area (Å²) in [4.78, 5) is 28.4. The molecular formula is C22H22N2O3S. The van der Waals surface area contributed by atoms with Crippen LogP contribution in [0.2, 0.25) is 0 Å². The van der Waals surface area contributed by atoms with Gasteiger partial charge >= 0.3 is 5.97 Å². The molecule has 0 fully saturated rings. The van der Waals surface area contributed by atoms with E-state index in [0.29, 0.717) is 11.3 Å². The van der Waals surface area contributed by atoms with Crippen molar-refractivity contribution in [2.24, 2.45) is 0 Å². The third-order valence-electron chi connectivity index (χ3n) is 4.37. The van der Waals surface area contributed by atoms with Crippen LogP contribution in [0.3, 0.4) is 0 Å². The quantitative estimate of drug-likeness (QED) is 0.503. The maximum atomic E-state index is 12.3. The van der Waals surface area contributed by atoms with E-state index >= 15 is 0 Å². The third-order valence-corrected chi connectivity index (χ3v) is 5.28. The lowest BCUT2D eigenvalue weighted by atomic mass is 10.0. The van der Waals surface area contributed by atoms with Gasteiger partial charge in [0.25, 0.3) is 0 Å². The molecule has 1 N–H and O–H groups in total. The van der Waals surface area contributed by atoms with Crippen molar-refractivity contribution in [1.82, 2.24) is 4.98 Å². The highest BCUT2D eigenvalue weighted by Crippen LogP contribution is 2.27. The van der Waals surface area contributed by atoms with Crippen LogP contribution in [0, 0.1) is 20.8 Å². The molecule has 0 bridgehead atoms. The number of carbonyl (C=O) groups is 2. The number of carbonyl (C=O) groups excluding carboxylic acids is 2.